The normalized spacial score (nSPS) is 48.6. The van der Waals surface area contributed by atoms with Gasteiger partial charge in [0.15, 0.2) is 0 Å². The summed E-state index contributed by atoms with van der Waals surface area (Å²) in [7, 11) is 0. The number of esters is 1. The molecule has 0 amide bonds. The summed E-state index contributed by atoms with van der Waals surface area (Å²) in [6.07, 6.45) is 13.3. The Morgan fingerprint density at radius 2 is 1.60 bits per heavy atom. The Bertz CT molecular complexity index is 912. The molecule has 0 aromatic rings. The van der Waals surface area contributed by atoms with Crippen LogP contribution >= 0.6 is 0 Å². The van der Waals surface area contributed by atoms with E-state index in [0.717, 1.165) is 17.8 Å². The highest BCUT2D eigenvalue weighted by molar-refractivity contribution is 5.66. The summed E-state index contributed by atoms with van der Waals surface area (Å²) in [5, 5.41) is 0. The van der Waals surface area contributed by atoms with Crippen molar-refractivity contribution in [2.24, 2.45) is 56.7 Å². The molecule has 0 aromatic heterocycles. The Morgan fingerprint density at radius 3 is 2.26 bits per heavy atom. The van der Waals surface area contributed by atoms with Gasteiger partial charge in [-0.25, -0.2) is 0 Å². The van der Waals surface area contributed by atoms with Crippen molar-refractivity contribution in [3.05, 3.63) is 11.1 Å². The van der Waals surface area contributed by atoms with E-state index in [1.807, 2.05) is 0 Å². The molecule has 35 heavy (non-hydrogen) atoms. The molecular weight excluding hydrogens is 428 g/mol. The monoisotopic (exact) mass is 482 g/mol. The zero-order chi connectivity index (χ0) is 25.6. The van der Waals surface area contributed by atoms with Gasteiger partial charge in [0, 0.05) is 12.3 Å². The second-order valence-corrected chi connectivity index (χ2v) is 15.5. The van der Waals surface area contributed by atoms with Crippen LogP contribution in [-0.4, -0.2) is 12.6 Å². The first kappa shape index (κ1) is 25.8. The highest BCUT2D eigenvalue weighted by Crippen LogP contribution is 2.77. The van der Waals surface area contributed by atoms with Crippen molar-refractivity contribution in [3.63, 3.8) is 0 Å². The van der Waals surface area contributed by atoms with E-state index in [4.69, 9.17) is 4.74 Å². The number of hydrogen-bond acceptors (Lipinski definition) is 2. The van der Waals surface area contributed by atoms with E-state index in [9.17, 15) is 4.79 Å². The van der Waals surface area contributed by atoms with Crippen LogP contribution in [-0.2, 0) is 9.53 Å². The minimum atomic E-state index is -0.110. The average molecular weight is 483 g/mol. The second kappa shape index (κ2) is 8.10. The lowest BCUT2D eigenvalue weighted by atomic mass is 9.32. The standard InChI is InChI=1S/C33H54O2/c1-21(2)24-13-17-33(20-35-23(4)34)19-18-31(8)25(28(24)33)10-11-27-30(7)15-12-22(3)29(5,6)26(30)14-16-32(27,31)9/h21-22,25-27H,10-20H2,1-9H3/t22-,25+,26+,27+,30-,31+,32+,33+/m0/s1. The lowest BCUT2D eigenvalue weighted by Crippen LogP contribution is -2.65. The van der Waals surface area contributed by atoms with Crippen molar-refractivity contribution in [1.29, 1.82) is 0 Å². The van der Waals surface area contributed by atoms with Gasteiger partial charge >= 0.3 is 5.97 Å². The molecule has 0 bridgehead atoms. The first-order valence-corrected chi connectivity index (χ1v) is 15.1. The number of ether oxygens (including phenoxy) is 1. The lowest BCUT2D eigenvalue weighted by molar-refractivity contribution is -0.221. The minimum absolute atomic E-state index is 0.110. The van der Waals surface area contributed by atoms with Gasteiger partial charge in [0.2, 0.25) is 0 Å². The van der Waals surface area contributed by atoms with E-state index in [2.05, 4.69) is 55.4 Å². The van der Waals surface area contributed by atoms with Gasteiger partial charge < -0.3 is 4.74 Å². The van der Waals surface area contributed by atoms with Crippen LogP contribution in [0.4, 0.5) is 0 Å². The maximum Gasteiger partial charge on any atom is 0.302 e. The topological polar surface area (TPSA) is 26.3 Å². The molecule has 0 aliphatic heterocycles. The van der Waals surface area contributed by atoms with Gasteiger partial charge in [0.25, 0.3) is 0 Å². The van der Waals surface area contributed by atoms with E-state index in [-0.39, 0.29) is 11.4 Å². The zero-order valence-corrected chi connectivity index (χ0v) is 24.5. The highest BCUT2D eigenvalue weighted by atomic mass is 16.5. The van der Waals surface area contributed by atoms with Gasteiger partial charge in [0.1, 0.15) is 6.61 Å². The van der Waals surface area contributed by atoms with Crippen molar-refractivity contribution in [2.45, 2.75) is 127 Å². The fourth-order valence-corrected chi connectivity index (χ4v) is 11.4. The van der Waals surface area contributed by atoms with Gasteiger partial charge in [-0.2, -0.15) is 0 Å². The fraction of sp³-hybridized carbons (Fsp3) is 0.909. The van der Waals surface area contributed by atoms with Gasteiger partial charge in [0.05, 0.1) is 0 Å². The van der Waals surface area contributed by atoms with E-state index in [1.165, 1.54) is 64.2 Å². The third-order valence-corrected chi connectivity index (χ3v) is 13.9. The van der Waals surface area contributed by atoms with Crippen molar-refractivity contribution in [1.82, 2.24) is 0 Å². The zero-order valence-electron chi connectivity index (χ0n) is 24.5. The predicted molar refractivity (Wildman–Crippen MR) is 145 cm³/mol. The first-order valence-electron chi connectivity index (χ1n) is 15.1. The Balaban J connectivity index is 1.55. The molecule has 0 aromatic carbocycles. The van der Waals surface area contributed by atoms with Crippen LogP contribution in [0.2, 0.25) is 0 Å². The van der Waals surface area contributed by atoms with Gasteiger partial charge in [-0.1, -0.05) is 66.5 Å². The van der Waals surface area contributed by atoms with Crippen LogP contribution in [0.5, 0.6) is 0 Å². The number of fused-ring (bicyclic) bond motifs is 7. The molecule has 2 heteroatoms. The van der Waals surface area contributed by atoms with Crippen LogP contribution in [0, 0.1) is 56.7 Å². The van der Waals surface area contributed by atoms with E-state index in [0.29, 0.717) is 40.1 Å². The summed E-state index contributed by atoms with van der Waals surface area (Å²) in [5.74, 6) is 3.70. The quantitative estimate of drug-likeness (QED) is 0.296. The van der Waals surface area contributed by atoms with Crippen molar-refractivity contribution in [2.75, 3.05) is 6.61 Å². The van der Waals surface area contributed by atoms with Crippen LogP contribution in [0.1, 0.15) is 127 Å². The summed E-state index contributed by atoms with van der Waals surface area (Å²) in [6.45, 7) is 22.9. The molecule has 8 atom stereocenters. The summed E-state index contributed by atoms with van der Waals surface area (Å²) < 4.78 is 5.81. The number of carbonyl (C=O) groups is 1. The molecule has 0 spiro atoms. The Labute approximate surface area is 216 Å². The summed E-state index contributed by atoms with van der Waals surface area (Å²) in [5.41, 5.74) is 5.31. The number of allylic oxidation sites excluding steroid dienone is 1. The van der Waals surface area contributed by atoms with Crippen molar-refractivity contribution in [3.8, 4) is 0 Å². The van der Waals surface area contributed by atoms with E-state index in [1.54, 1.807) is 18.1 Å². The summed E-state index contributed by atoms with van der Waals surface area (Å²) in [4.78, 5) is 11.9. The molecule has 5 aliphatic rings. The Kier molecular flexibility index (Phi) is 5.98. The molecule has 198 valence electrons. The van der Waals surface area contributed by atoms with Crippen LogP contribution in [0.3, 0.4) is 0 Å². The van der Waals surface area contributed by atoms with E-state index < -0.39 is 0 Å². The molecule has 2 nitrogen and oxygen atoms in total. The molecule has 4 fully saturated rings. The predicted octanol–water partition coefficient (Wildman–Crippen LogP) is 8.99. The largest absolute Gasteiger partial charge is 0.465 e. The third-order valence-electron chi connectivity index (χ3n) is 13.9. The van der Waals surface area contributed by atoms with E-state index >= 15 is 0 Å². The fourth-order valence-electron chi connectivity index (χ4n) is 11.4. The maximum absolute atomic E-state index is 11.9. The SMILES string of the molecule is CC(=O)OC[C@]12CCC(C(C)C)=C1[C@H]1CC[C@@H]3[C@@]4(C)CC[C@H](C)C(C)(C)[C@H]4CC[C@@]3(C)[C@]1(C)CC2. The van der Waals surface area contributed by atoms with Crippen LogP contribution in [0.15, 0.2) is 11.1 Å². The van der Waals surface area contributed by atoms with Crippen molar-refractivity contribution >= 4 is 5.97 Å². The lowest BCUT2D eigenvalue weighted by Gasteiger charge is -2.72. The van der Waals surface area contributed by atoms with Crippen molar-refractivity contribution < 1.29 is 9.53 Å². The number of hydrogen-bond donors (Lipinski definition) is 0. The molecule has 5 aliphatic carbocycles. The Hall–Kier alpha value is -0.790. The average Bonchev–Trinajstić information content (AvgIpc) is 3.16. The molecule has 0 radical (unpaired) electrons. The van der Waals surface area contributed by atoms with Gasteiger partial charge in [-0.3, -0.25) is 4.79 Å². The molecule has 4 saturated carbocycles. The third kappa shape index (κ3) is 3.35. The smallest absolute Gasteiger partial charge is 0.302 e. The van der Waals surface area contributed by atoms with Gasteiger partial charge in [-0.05, 0) is 115 Å². The molecular formula is C33H54O2. The van der Waals surface area contributed by atoms with Gasteiger partial charge in [-0.15, -0.1) is 0 Å². The Morgan fingerprint density at radius 1 is 0.886 bits per heavy atom. The molecule has 0 heterocycles. The molecule has 0 N–H and O–H groups in total. The number of rotatable bonds is 3. The molecule has 0 saturated heterocycles. The number of carbonyl (C=O) groups excluding carboxylic acids is 1. The summed E-state index contributed by atoms with van der Waals surface area (Å²) >= 11 is 0. The minimum Gasteiger partial charge on any atom is -0.465 e. The highest BCUT2D eigenvalue weighted by Gasteiger charge is 2.69. The first-order chi connectivity index (χ1) is 16.2. The second-order valence-electron chi connectivity index (χ2n) is 15.5. The maximum atomic E-state index is 11.9. The van der Waals surface area contributed by atoms with Crippen LogP contribution < -0.4 is 0 Å². The summed E-state index contributed by atoms with van der Waals surface area (Å²) in [6, 6.07) is 0. The molecule has 5 rings (SSSR count). The molecule has 0 unspecified atom stereocenters. The van der Waals surface area contributed by atoms with Crippen LogP contribution in [0.25, 0.3) is 0 Å².